The summed E-state index contributed by atoms with van der Waals surface area (Å²) in [5.74, 6) is 1.000. The summed E-state index contributed by atoms with van der Waals surface area (Å²) in [4.78, 5) is 0. The van der Waals surface area contributed by atoms with Gasteiger partial charge in [-0.3, -0.25) is 0 Å². The second kappa shape index (κ2) is 4.73. The van der Waals surface area contributed by atoms with Gasteiger partial charge in [-0.2, -0.15) is 0 Å². The van der Waals surface area contributed by atoms with Gasteiger partial charge in [0, 0.05) is 12.6 Å². The van der Waals surface area contributed by atoms with E-state index in [0.29, 0.717) is 6.04 Å². The first-order chi connectivity index (χ1) is 5.33. The molecule has 1 aliphatic carbocycles. The molecule has 1 unspecified atom stereocenters. The molecule has 66 valence electrons. The van der Waals surface area contributed by atoms with Crippen LogP contribution >= 0.6 is 0 Å². The monoisotopic (exact) mass is 157 g/mol. The van der Waals surface area contributed by atoms with Crippen LogP contribution in [0.2, 0.25) is 0 Å². The van der Waals surface area contributed by atoms with Gasteiger partial charge < -0.3 is 10.1 Å². The number of likely N-dealkylation sites (N-methyl/N-ethyl adjacent to an activating group) is 1. The molecule has 0 spiro atoms. The molecule has 1 fully saturated rings. The second-order valence-electron chi connectivity index (χ2n) is 3.50. The summed E-state index contributed by atoms with van der Waals surface area (Å²) in [6.45, 7) is 3.94. The average Bonchev–Trinajstić information content (AvgIpc) is 2.81. The second-order valence-corrected chi connectivity index (χ2v) is 3.50. The molecule has 0 aromatic heterocycles. The van der Waals surface area contributed by atoms with Crippen LogP contribution in [0.4, 0.5) is 0 Å². The lowest BCUT2D eigenvalue weighted by atomic mass is 10.3. The minimum absolute atomic E-state index is 0.495. The zero-order valence-corrected chi connectivity index (χ0v) is 7.60. The highest BCUT2D eigenvalue weighted by atomic mass is 16.5. The van der Waals surface area contributed by atoms with Crippen molar-refractivity contribution in [2.24, 2.45) is 5.92 Å². The van der Waals surface area contributed by atoms with Crippen LogP contribution in [0, 0.1) is 5.92 Å². The summed E-state index contributed by atoms with van der Waals surface area (Å²) in [6, 6.07) is 0.495. The van der Waals surface area contributed by atoms with E-state index in [1.54, 1.807) is 0 Å². The van der Waals surface area contributed by atoms with Crippen molar-refractivity contribution >= 4 is 0 Å². The molecule has 1 saturated carbocycles. The van der Waals surface area contributed by atoms with Crippen LogP contribution in [0.25, 0.3) is 0 Å². The third-order valence-electron chi connectivity index (χ3n) is 2.23. The van der Waals surface area contributed by atoms with E-state index in [1.807, 2.05) is 7.05 Å². The van der Waals surface area contributed by atoms with E-state index < -0.39 is 0 Å². The first kappa shape index (κ1) is 9.01. The van der Waals surface area contributed by atoms with Crippen molar-refractivity contribution in [3.05, 3.63) is 0 Å². The summed E-state index contributed by atoms with van der Waals surface area (Å²) in [6.07, 6.45) is 4.15. The Morgan fingerprint density at radius 2 is 2.27 bits per heavy atom. The molecule has 1 rings (SSSR count). The van der Waals surface area contributed by atoms with E-state index in [2.05, 4.69) is 12.2 Å². The summed E-state index contributed by atoms with van der Waals surface area (Å²) in [5, 5.41) is 3.14. The molecular formula is C9H19NO. The van der Waals surface area contributed by atoms with Gasteiger partial charge in [0.15, 0.2) is 0 Å². The zero-order valence-electron chi connectivity index (χ0n) is 7.60. The van der Waals surface area contributed by atoms with Crippen molar-refractivity contribution in [3.8, 4) is 0 Å². The van der Waals surface area contributed by atoms with E-state index >= 15 is 0 Å². The maximum atomic E-state index is 5.47. The Morgan fingerprint density at radius 3 is 2.82 bits per heavy atom. The number of hydrogen-bond acceptors (Lipinski definition) is 2. The number of rotatable bonds is 6. The predicted molar refractivity (Wildman–Crippen MR) is 46.7 cm³/mol. The van der Waals surface area contributed by atoms with E-state index in [1.165, 1.54) is 19.3 Å². The third-order valence-corrected chi connectivity index (χ3v) is 2.23. The summed E-state index contributed by atoms with van der Waals surface area (Å²) >= 11 is 0. The quantitative estimate of drug-likeness (QED) is 0.589. The van der Waals surface area contributed by atoms with Gasteiger partial charge >= 0.3 is 0 Å². The van der Waals surface area contributed by atoms with Crippen molar-refractivity contribution in [1.29, 1.82) is 0 Å². The average molecular weight is 157 g/mol. The van der Waals surface area contributed by atoms with E-state index in [4.69, 9.17) is 4.74 Å². The van der Waals surface area contributed by atoms with Gasteiger partial charge in [0.1, 0.15) is 0 Å². The Morgan fingerprint density at radius 1 is 1.55 bits per heavy atom. The fourth-order valence-electron chi connectivity index (χ4n) is 1.000. The molecule has 0 saturated heterocycles. The van der Waals surface area contributed by atoms with Crippen LogP contribution in [0.5, 0.6) is 0 Å². The highest BCUT2D eigenvalue weighted by Crippen LogP contribution is 2.31. The van der Waals surface area contributed by atoms with Crippen LogP contribution in [-0.4, -0.2) is 26.3 Å². The van der Waals surface area contributed by atoms with Crippen molar-refractivity contribution in [2.75, 3.05) is 20.3 Å². The fourth-order valence-corrected chi connectivity index (χ4v) is 1.000. The lowest BCUT2D eigenvalue weighted by Crippen LogP contribution is -2.26. The van der Waals surface area contributed by atoms with Crippen LogP contribution in [-0.2, 0) is 4.74 Å². The summed E-state index contributed by atoms with van der Waals surface area (Å²) < 4.78 is 5.47. The molecular weight excluding hydrogens is 138 g/mol. The Kier molecular flexibility index (Phi) is 3.87. The predicted octanol–water partition coefficient (Wildman–Crippen LogP) is 1.41. The molecule has 11 heavy (non-hydrogen) atoms. The van der Waals surface area contributed by atoms with Crippen LogP contribution in [0.15, 0.2) is 0 Å². The first-order valence-corrected chi connectivity index (χ1v) is 4.58. The molecule has 0 aromatic carbocycles. The Balaban J connectivity index is 1.79. The standard InChI is InChI=1S/C9H19NO/c1-8(10-2)7-11-6-5-9-3-4-9/h8-10H,3-7H2,1-2H3. The molecule has 2 heteroatoms. The van der Waals surface area contributed by atoms with Gasteiger partial charge in [0.05, 0.1) is 6.61 Å². The van der Waals surface area contributed by atoms with E-state index in [-0.39, 0.29) is 0 Å². The minimum atomic E-state index is 0.495. The Labute approximate surface area is 69.3 Å². The van der Waals surface area contributed by atoms with Crippen molar-refractivity contribution in [2.45, 2.75) is 32.2 Å². The number of nitrogens with one attached hydrogen (secondary N) is 1. The number of ether oxygens (including phenoxy) is 1. The van der Waals surface area contributed by atoms with Gasteiger partial charge in [0.2, 0.25) is 0 Å². The molecule has 0 bridgehead atoms. The highest BCUT2D eigenvalue weighted by molar-refractivity contribution is 4.72. The lowest BCUT2D eigenvalue weighted by molar-refractivity contribution is 0.112. The van der Waals surface area contributed by atoms with Crippen LogP contribution < -0.4 is 5.32 Å². The minimum Gasteiger partial charge on any atom is -0.380 e. The third kappa shape index (κ3) is 4.38. The highest BCUT2D eigenvalue weighted by Gasteiger charge is 2.20. The molecule has 0 aliphatic heterocycles. The molecule has 1 aliphatic rings. The molecule has 1 N–H and O–H groups in total. The topological polar surface area (TPSA) is 21.3 Å². The van der Waals surface area contributed by atoms with Crippen molar-refractivity contribution < 1.29 is 4.74 Å². The number of hydrogen-bond donors (Lipinski definition) is 1. The van der Waals surface area contributed by atoms with Crippen molar-refractivity contribution in [1.82, 2.24) is 5.32 Å². The van der Waals surface area contributed by atoms with Crippen LogP contribution in [0.3, 0.4) is 0 Å². The van der Waals surface area contributed by atoms with Gasteiger partial charge in [-0.1, -0.05) is 12.8 Å². The first-order valence-electron chi connectivity index (χ1n) is 4.58. The zero-order chi connectivity index (χ0) is 8.10. The summed E-state index contributed by atoms with van der Waals surface area (Å²) in [7, 11) is 1.97. The van der Waals surface area contributed by atoms with Gasteiger partial charge in [-0.15, -0.1) is 0 Å². The molecule has 0 heterocycles. The molecule has 1 atom stereocenters. The molecule has 0 amide bonds. The maximum absolute atomic E-state index is 5.47. The van der Waals surface area contributed by atoms with Crippen LogP contribution in [0.1, 0.15) is 26.2 Å². The Hall–Kier alpha value is -0.0800. The van der Waals surface area contributed by atoms with Crippen molar-refractivity contribution in [3.63, 3.8) is 0 Å². The molecule has 0 radical (unpaired) electrons. The fraction of sp³-hybridized carbons (Fsp3) is 1.00. The van der Waals surface area contributed by atoms with Gasteiger partial charge in [0.25, 0.3) is 0 Å². The van der Waals surface area contributed by atoms with Gasteiger partial charge in [-0.05, 0) is 26.3 Å². The largest absolute Gasteiger partial charge is 0.380 e. The van der Waals surface area contributed by atoms with E-state index in [0.717, 1.165) is 19.1 Å². The van der Waals surface area contributed by atoms with Gasteiger partial charge in [-0.25, -0.2) is 0 Å². The Bertz CT molecular complexity index is 102. The lowest BCUT2D eigenvalue weighted by Gasteiger charge is -2.09. The normalized spacial score (nSPS) is 20.2. The summed E-state index contributed by atoms with van der Waals surface area (Å²) in [5.41, 5.74) is 0. The maximum Gasteiger partial charge on any atom is 0.0616 e. The SMILES string of the molecule is CNC(C)COCCC1CC1. The molecule has 0 aromatic rings. The molecule has 2 nitrogen and oxygen atoms in total. The smallest absolute Gasteiger partial charge is 0.0616 e. The van der Waals surface area contributed by atoms with E-state index in [9.17, 15) is 0 Å².